The molecule has 0 aliphatic carbocycles. The predicted octanol–water partition coefficient (Wildman–Crippen LogP) is 1.97. The monoisotopic (exact) mass is 205 g/mol. The highest BCUT2D eigenvalue weighted by Gasteiger charge is 2.12. The van der Waals surface area contributed by atoms with Gasteiger partial charge in [0.05, 0.1) is 5.56 Å². The number of hydrogen-bond donors (Lipinski definition) is 1. The fourth-order valence-electron chi connectivity index (χ4n) is 1.17. The highest BCUT2D eigenvalue weighted by atomic mass is 19.1. The van der Waals surface area contributed by atoms with Gasteiger partial charge < -0.3 is 5.32 Å². The Hall–Kier alpha value is -1.82. The summed E-state index contributed by atoms with van der Waals surface area (Å²) in [4.78, 5) is 11.5. The van der Waals surface area contributed by atoms with Crippen molar-refractivity contribution in [3.8, 4) is 12.3 Å². The fourth-order valence-corrected chi connectivity index (χ4v) is 1.17. The van der Waals surface area contributed by atoms with Crippen molar-refractivity contribution in [1.29, 1.82) is 0 Å². The van der Waals surface area contributed by atoms with Crippen molar-refractivity contribution in [2.24, 2.45) is 0 Å². The van der Waals surface area contributed by atoms with Gasteiger partial charge in [-0.3, -0.25) is 4.79 Å². The van der Waals surface area contributed by atoms with Crippen molar-refractivity contribution in [1.82, 2.24) is 5.32 Å². The van der Waals surface area contributed by atoms with Crippen molar-refractivity contribution < 1.29 is 9.18 Å². The molecule has 0 aliphatic heterocycles. The van der Waals surface area contributed by atoms with E-state index in [1.54, 1.807) is 13.0 Å². The second-order valence-corrected chi connectivity index (χ2v) is 3.26. The second kappa shape index (κ2) is 5.16. The Morgan fingerprint density at radius 2 is 2.27 bits per heavy atom. The molecule has 0 aromatic heterocycles. The number of hydrogen-bond acceptors (Lipinski definition) is 1. The number of halogens is 1. The maximum absolute atomic E-state index is 13.2. The highest BCUT2D eigenvalue weighted by Crippen LogP contribution is 2.06. The molecule has 78 valence electrons. The first-order chi connectivity index (χ1) is 7.15. The number of rotatable bonds is 3. The lowest BCUT2D eigenvalue weighted by molar-refractivity contribution is 0.0937. The molecule has 0 saturated heterocycles. The van der Waals surface area contributed by atoms with Crippen molar-refractivity contribution in [3.05, 3.63) is 35.6 Å². The topological polar surface area (TPSA) is 29.1 Å². The summed E-state index contributed by atoms with van der Waals surface area (Å²) in [5, 5.41) is 2.62. The lowest BCUT2D eigenvalue weighted by atomic mass is 10.1. The van der Waals surface area contributed by atoms with E-state index in [2.05, 4.69) is 11.2 Å². The zero-order valence-corrected chi connectivity index (χ0v) is 8.46. The van der Waals surface area contributed by atoms with E-state index >= 15 is 0 Å². The van der Waals surface area contributed by atoms with Gasteiger partial charge in [-0.25, -0.2) is 4.39 Å². The average Bonchev–Trinajstić information content (AvgIpc) is 2.18. The van der Waals surface area contributed by atoms with Gasteiger partial charge in [-0.15, -0.1) is 12.3 Å². The molecule has 0 saturated carbocycles. The molecule has 3 heteroatoms. The lowest BCUT2D eigenvalue weighted by Crippen LogP contribution is -2.32. The van der Waals surface area contributed by atoms with Crippen molar-refractivity contribution in [2.75, 3.05) is 0 Å². The maximum Gasteiger partial charge on any atom is 0.254 e. The summed E-state index contributed by atoms with van der Waals surface area (Å²) in [6.45, 7) is 1.78. The molecule has 1 rings (SSSR count). The Morgan fingerprint density at radius 1 is 1.60 bits per heavy atom. The third kappa shape index (κ3) is 3.10. The van der Waals surface area contributed by atoms with E-state index in [4.69, 9.17) is 6.42 Å². The molecular weight excluding hydrogens is 193 g/mol. The zero-order valence-electron chi connectivity index (χ0n) is 8.46. The van der Waals surface area contributed by atoms with E-state index in [1.807, 2.05) is 0 Å². The molecule has 1 aromatic carbocycles. The summed E-state index contributed by atoms with van der Waals surface area (Å²) in [7, 11) is 0. The SMILES string of the molecule is C#CCC(C)NC(=O)c1ccccc1F. The van der Waals surface area contributed by atoms with Crippen LogP contribution >= 0.6 is 0 Å². The molecule has 15 heavy (non-hydrogen) atoms. The molecule has 1 atom stereocenters. The first-order valence-corrected chi connectivity index (χ1v) is 4.64. The maximum atomic E-state index is 13.2. The number of carbonyl (C=O) groups is 1. The van der Waals surface area contributed by atoms with E-state index in [9.17, 15) is 9.18 Å². The van der Waals surface area contributed by atoms with Crippen LogP contribution in [-0.4, -0.2) is 11.9 Å². The molecule has 0 spiro atoms. The van der Waals surface area contributed by atoms with Crippen molar-refractivity contribution in [2.45, 2.75) is 19.4 Å². The van der Waals surface area contributed by atoms with Gasteiger partial charge >= 0.3 is 0 Å². The van der Waals surface area contributed by atoms with Gasteiger partial charge in [-0.2, -0.15) is 0 Å². The van der Waals surface area contributed by atoms with Gasteiger partial charge in [0.25, 0.3) is 5.91 Å². The van der Waals surface area contributed by atoms with Crippen LogP contribution in [0.3, 0.4) is 0 Å². The van der Waals surface area contributed by atoms with Gasteiger partial charge in [-0.1, -0.05) is 12.1 Å². The Balaban J connectivity index is 2.70. The molecular formula is C12H12FNO. The Labute approximate surface area is 88.5 Å². The fraction of sp³-hybridized carbons (Fsp3) is 0.250. The third-order valence-corrected chi connectivity index (χ3v) is 1.92. The summed E-state index contributed by atoms with van der Waals surface area (Å²) < 4.78 is 13.2. The summed E-state index contributed by atoms with van der Waals surface area (Å²) in [6, 6.07) is 5.69. The van der Waals surface area contributed by atoms with E-state index < -0.39 is 11.7 Å². The van der Waals surface area contributed by atoms with Gasteiger partial charge in [0, 0.05) is 12.5 Å². The largest absolute Gasteiger partial charge is 0.349 e. The minimum atomic E-state index is -0.525. The number of amides is 1. The van der Waals surface area contributed by atoms with Crippen LogP contribution in [0.4, 0.5) is 4.39 Å². The number of terminal acetylenes is 1. The lowest BCUT2D eigenvalue weighted by Gasteiger charge is -2.10. The smallest absolute Gasteiger partial charge is 0.254 e. The van der Waals surface area contributed by atoms with Gasteiger partial charge in [-0.05, 0) is 19.1 Å². The van der Waals surface area contributed by atoms with E-state index in [-0.39, 0.29) is 11.6 Å². The van der Waals surface area contributed by atoms with Crippen LogP contribution in [0.1, 0.15) is 23.7 Å². The second-order valence-electron chi connectivity index (χ2n) is 3.26. The zero-order chi connectivity index (χ0) is 11.3. The molecule has 0 heterocycles. The Morgan fingerprint density at radius 3 is 2.87 bits per heavy atom. The first-order valence-electron chi connectivity index (χ1n) is 4.64. The molecule has 1 N–H and O–H groups in total. The molecule has 1 aromatic rings. The van der Waals surface area contributed by atoms with E-state index in [0.29, 0.717) is 6.42 Å². The summed E-state index contributed by atoms with van der Waals surface area (Å²) in [5.41, 5.74) is 0.0429. The Bertz CT molecular complexity index is 395. The van der Waals surface area contributed by atoms with Crippen LogP contribution < -0.4 is 5.32 Å². The first kappa shape index (κ1) is 11.3. The van der Waals surface area contributed by atoms with Crippen LogP contribution in [-0.2, 0) is 0 Å². The highest BCUT2D eigenvalue weighted by molar-refractivity contribution is 5.94. The molecule has 0 bridgehead atoms. The van der Waals surface area contributed by atoms with Crippen molar-refractivity contribution >= 4 is 5.91 Å². The number of nitrogens with one attached hydrogen (secondary N) is 1. The summed E-state index contributed by atoms with van der Waals surface area (Å²) in [5.74, 6) is 1.47. The minimum absolute atomic E-state index is 0.0429. The predicted molar refractivity (Wildman–Crippen MR) is 56.8 cm³/mol. The average molecular weight is 205 g/mol. The molecule has 2 nitrogen and oxygen atoms in total. The van der Waals surface area contributed by atoms with Crippen LogP contribution in [0.5, 0.6) is 0 Å². The molecule has 0 fully saturated rings. The normalized spacial score (nSPS) is 11.5. The molecule has 0 radical (unpaired) electrons. The third-order valence-electron chi connectivity index (χ3n) is 1.92. The number of benzene rings is 1. The molecule has 1 amide bonds. The van der Waals surface area contributed by atoms with E-state index in [0.717, 1.165) is 0 Å². The van der Waals surface area contributed by atoms with Gasteiger partial charge in [0.15, 0.2) is 0 Å². The molecule has 1 unspecified atom stereocenters. The molecule has 0 aliphatic rings. The van der Waals surface area contributed by atoms with Gasteiger partial charge in [0.1, 0.15) is 5.82 Å². The standard InChI is InChI=1S/C12H12FNO/c1-3-6-9(2)14-12(15)10-7-4-5-8-11(10)13/h1,4-5,7-9H,6H2,2H3,(H,14,15). The van der Waals surface area contributed by atoms with Crippen LogP contribution in [0.15, 0.2) is 24.3 Å². The van der Waals surface area contributed by atoms with Crippen molar-refractivity contribution in [3.63, 3.8) is 0 Å². The Kier molecular flexibility index (Phi) is 3.87. The minimum Gasteiger partial charge on any atom is -0.349 e. The quantitative estimate of drug-likeness (QED) is 0.751. The van der Waals surface area contributed by atoms with Crippen LogP contribution in [0, 0.1) is 18.2 Å². The van der Waals surface area contributed by atoms with Crippen LogP contribution in [0.25, 0.3) is 0 Å². The van der Waals surface area contributed by atoms with Gasteiger partial charge in [0.2, 0.25) is 0 Å². The number of carbonyl (C=O) groups excluding carboxylic acids is 1. The van der Waals surface area contributed by atoms with E-state index in [1.165, 1.54) is 18.2 Å². The van der Waals surface area contributed by atoms with Crippen LogP contribution in [0.2, 0.25) is 0 Å². The summed E-state index contributed by atoms with van der Waals surface area (Å²) in [6.07, 6.45) is 5.53. The summed E-state index contributed by atoms with van der Waals surface area (Å²) >= 11 is 0.